The van der Waals surface area contributed by atoms with E-state index in [1.165, 1.54) is 0 Å². The molecule has 5 nitrogen and oxygen atoms in total. The maximum absolute atomic E-state index is 6.14. The predicted octanol–water partition coefficient (Wildman–Crippen LogP) is 4.20. The number of hydrogen-bond acceptors (Lipinski definition) is 5. The van der Waals surface area contributed by atoms with Gasteiger partial charge in [-0.25, -0.2) is 9.97 Å². The second-order valence-corrected chi connectivity index (χ2v) is 6.74. The normalized spacial score (nSPS) is 11.4. The van der Waals surface area contributed by atoms with Crippen molar-refractivity contribution in [3.05, 3.63) is 35.4 Å². The van der Waals surface area contributed by atoms with Crippen LogP contribution in [0, 0.1) is 0 Å². The number of methoxy groups -OCH3 is 1. The molecule has 2 aromatic heterocycles. The average Bonchev–Trinajstić information content (AvgIpc) is 2.59. The zero-order valence-corrected chi connectivity index (χ0v) is 15.6. The summed E-state index contributed by atoms with van der Waals surface area (Å²) in [4.78, 5) is 11.5. The average molecular weight is 359 g/mol. The fourth-order valence-corrected chi connectivity index (χ4v) is 3.00. The Kier molecular flexibility index (Phi) is 5.56. The second-order valence-electron chi connectivity index (χ2n) is 6.31. The van der Waals surface area contributed by atoms with Crippen LogP contribution in [0.25, 0.3) is 21.9 Å². The maximum atomic E-state index is 6.14. The van der Waals surface area contributed by atoms with Crippen LogP contribution in [0.5, 0.6) is 5.88 Å². The minimum Gasteiger partial charge on any atom is -0.481 e. The number of halogens is 1. The number of ether oxygens (including phenoxy) is 1. The van der Waals surface area contributed by atoms with E-state index in [2.05, 4.69) is 29.3 Å². The first-order valence-corrected chi connectivity index (χ1v) is 8.79. The van der Waals surface area contributed by atoms with Crippen molar-refractivity contribution in [3.8, 4) is 5.88 Å². The summed E-state index contributed by atoms with van der Waals surface area (Å²) >= 11 is 6.14. The molecule has 1 aromatic carbocycles. The zero-order valence-electron chi connectivity index (χ0n) is 14.8. The Morgan fingerprint density at radius 1 is 1.08 bits per heavy atom. The SMILES string of the molecule is COc1ccc2nc3cc(Cl)ccc3c(NCCCCN(C)C)c2n1. The first-order chi connectivity index (χ1) is 12.1. The van der Waals surface area contributed by atoms with Gasteiger partial charge >= 0.3 is 0 Å². The summed E-state index contributed by atoms with van der Waals surface area (Å²) in [6.07, 6.45) is 2.23. The highest BCUT2D eigenvalue weighted by molar-refractivity contribution is 6.31. The molecule has 0 aliphatic heterocycles. The van der Waals surface area contributed by atoms with Crippen LogP contribution in [0.2, 0.25) is 5.02 Å². The van der Waals surface area contributed by atoms with Crippen LogP contribution in [-0.2, 0) is 0 Å². The molecule has 25 heavy (non-hydrogen) atoms. The van der Waals surface area contributed by atoms with E-state index < -0.39 is 0 Å². The topological polar surface area (TPSA) is 50.3 Å². The Morgan fingerprint density at radius 2 is 1.92 bits per heavy atom. The van der Waals surface area contributed by atoms with E-state index in [-0.39, 0.29) is 0 Å². The molecule has 0 unspecified atom stereocenters. The number of benzene rings is 1. The van der Waals surface area contributed by atoms with E-state index in [4.69, 9.17) is 21.3 Å². The quantitative estimate of drug-likeness (QED) is 0.506. The van der Waals surface area contributed by atoms with E-state index in [1.807, 2.05) is 30.3 Å². The number of aromatic nitrogens is 2. The van der Waals surface area contributed by atoms with Crippen molar-refractivity contribution in [3.63, 3.8) is 0 Å². The van der Waals surface area contributed by atoms with Gasteiger partial charge in [0.1, 0.15) is 5.52 Å². The molecule has 0 atom stereocenters. The van der Waals surface area contributed by atoms with Crippen molar-refractivity contribution in [2.45, 2.75) is 12.8 Å². The summed E-state index contributed by atoms with van der Waals surface area (Å²) in [5, 5.41) is 5.25. The van der Waals surface area contributed by atoms with E-state index in [1.54, 1.807) is 7.11 Å². The molecule has 0 amide bonds. The molecule has 0 aliphatic carbocycles. The molecule has 0 bridgehead atoms. The number of rotatable bonds is 7. The molecule has 1 N–H and O–H groups in total. The summed E-state index contributed by atoms with van der Waals surface area (Å²) in [5.74, 6) is 0.582. The Morgan fingerprint density at radius 3 is 2.68 bits per heavy atom. The van der Waals surface area contributed by atoms with Crippen LogP contribution in [0.4, 0.5) is 5.69 Å². The third-order valence-corrected chi connectivity index (χ3v) is 4.33. The molecule has 0 fully saturated rings. The molecular formula is C19H23ClN4O. The minimum absolute atomic E-state index is 0.582. The van der Waals surface area contributed by atoms with Crippen molar-refractivity contribution in [1.29, 1.82) is 0 Å². The Labute approximate surface area is 153 Å². The molecule has 6 heteroatoms. The van der Waals surface area contributed by atoms with Crippen molar-refractivity contribution >= 4 is 39.2 Å². The van der Waals surface area contributed by atoms with Gasteiger partial charge in [-0.15, -0.1) is 0 Å². The van der Waals surface area contributed by atoms with Gasteiger partial charge in [-0.1, -0.05) is 11.6 Å². The third kappa shape index (κ3) is 4.11. The largest absolute Gasteiger partial charge is 0.481 e. The van der Waals surface area contributed by atoms with Gasteiger partial charge < -0.3 is 15.0 Å². The molecular weight excluding hydrogens is 336 g/mol. The Bertz CT molecular complexity index is 882. The Balaban J connectivity index is 1.98. The highest BCUT2D eigenvalue weighted by Gasteiger charge is 2.12. The van der Waals surface area contributed by atoms with Gasteiger partial charge in [0.15, 0.2) is 0 Å². The number of fused-ring (bicyclic) bond motifs is 2. The summed E-state index contributed by atoms with van der Waals surface area (Å²) in [6, 6.07) is 9.52. The van der Waals surface area contributed by atoms with Crippen molar-refractivity contribution < 1.29 is 4.74 Å². The highest BCUT2D eigenvalue weighted by atomic mass is 35.5. The number of nitrogens with zero attached hydrogens (tertiary/aromatic N) is 3. The molecule has 2 heterocycles. The summed E-state index contributed by atoms with van der Waals surface area (Å²) < 4.78 is 5.28. The highest BCUT2D eigenvalue weighted by Crippen LogP contribution is 2.32. The van der Waals surface area contributed by atoms with E-state index in [9.17, 15) is 0 Å². The fourth-order valence-electron chi connectivity index (χ4n) is 2.83. The molecule has 0 radical (unpaired) electrons. The second kappa shape index (κ2) is 7.85. The lowest BCUT2D eigenvalue weighted by molar-refractivity contribution is 0.396. The van der Waals surface area contributed by atoms with Crippen LogP contribution in [0.3, 0.4) is 0 Å². The summed E-state index contributed by atoms with van der Waals surface area (Å²) in [6.45, 7) is 1.96. The molecule has 0 spiro atoms. The van der Waals surface area contributed by atoms with Crippen LogP contribution in [0.15, 0.2) is 30.3 Å². The Hall–Kier alpha value is -2.11. The maximum Gasteiger partial charge on any atom is 0.213 e. The van der Waals surface area contributed by atoms with E-state index in [0.29, 0.717) is 10.9 Å². The summed E-state index contributed by atoms with van der Waals surface area (Å²) in [7, 11) is 5.81. The predicted molar refractivity (Wildman–Crippen MR) is 105 cm³/mol. The third-order valence-electron chi connectivity index (χ3n) is 4.10. The van der Waals surface area contributed by atoms with Gasteiger partial charge in [0.2, 0.25) is 5.88 Å². The molecule has 0 saturated carbocycles. The summed E-state index contributed by atoms with van der Waals surface area (Å²) in [5.41, 5.74) is 3.50. The zero-order chi connectivity index (χ0) is 17.8. The first kappa shape index (κ1) is 17.7. The number of nitrogens with one attached hydrogen (secondary N) is 1. The van der Waals surface area contributed by atoms with Crippen LogP contribution in [0.1, 0.15) is 12.8 Å². The molecule has 0 saturated heterocycles. The van der Waals surface area contributed by atoms with Crippen LogP contribution < -0.4 is 10.1 Å². The molecule has 132 valence electrons. The lowest BCUT2D eigenvalue weighted by Gasteiger charge is -2.14. The van der Waals surface area contributed by atoms with Crippen molar-refractivity contribution in [1.82, 2.24) is 14.9 Å². The van der Waals surface area contributed by atoms with Crippen LogP contribution in [-0.4, -0.2) is 49.2 Å². The van der Waals surface area contributed by atoms with Crippen LogP contribution >= 0.6 is 11.6 Å². The molecule has 3 aromatic rings. The van der Waals surface area contributed by atoms with E-state index >= 15 is 0 Å². The number of unbranched alkanes of at least 4 members (excludes halogenated alkanes) is 1. The van der Waals surface area contributed by atoms with Gasteiger partial charge in [0, 0.05) is 23.0 Å². The lowest BCUT2D eigenvalue weighted by Crippen LogP contribution is -2.14. The lowest BCUT2D eigenvalue weighted by atomic mass is 10.1. The monoisotopic (exact) mass is 358 g/mol. The molecule has 3 rings (SSSR count). The van der Waals surface area contributed by atoms with Gasteiger partial charge in [-0.05, 0) is 57.7 Å². The standard InChI is InChI=1S/C19H23ClN4O/c1-24(2)11-5-4-10-21-18-14-7-6-13(20)12-16(14)22-15-8-9-17(25-3)23-19(15)18/h6-9,12H,4-5,10-11H2,1-3H3,(H,21,22). The van der Waals surface area contributed by atoms with Gasteiger partial charge in [-0.2, -0.15) is 0 Å². The number of anilines is 1. The van der Waals surface area contributed by atoms with Gasteiger partial charge in [0.25, 0.3) is 0 Å². The van der Waals surface area contributed by atoms with E-state index in [0.717, 1.165) is 53.6 Å². The number of hydrogen-bond donors (Lipinski definition) is 1. The van der Waals surface area contributed by atoms with Gasteiger partial charge in [0.05, 0.1) is 23.8 Å². The van der Waals surface area contributed by atoms with Crippen molar-refractivity contribution in [2.75, 3.05) is 39.6 Å². The molecule has 0 aliphatic rings. The number of pyridine rings is 2. The first-order valence-electron chi connectivity index (χ1n) is 8.41. The van der Waals surface area contributed by atoms with Crippen molar-refractivity contribution in [2.24, 2.45) is 0 Å². The minimum atomic E-state index is 0.582. The fraction of sp³-hybridized carbons (Fsp3) is 0.368. The smallest absolute Gasteiger partial charge is 0.213 e. The van der Waals surface area contributed by atoms with Gasteiger partial charge in [-0.3, -0.25) is 0 Å².